The van der Waals surface area contributed by atoms with Gasteiger partial charge in [0.05, 0.1) is 5.56 Å². The lowest BCUT2D eigenvalue weighted by atomic mass is 9.99. The molecule has 2 nitrogen and oxygen atoms in total. The van der Waals surface area contributed by atoms with Crippen molar-refractivity contribution in [3.8, 4) is 0 Å². The second kappa shape index (κ2) is 4.60. The van der Waals surface area contributed by atoms with Gasteiger partial charge in [-0.25, -0.2) is 8.78 Å². The summed E-state index contributed by atoms with van der Waals surface area (Å²) in [6, 6.07) is 0.532. The first kappa shape index (κ1) is 13.3. The molecule has 0 N–H and O–H groups in total. The highest BCUT2D eigenvalue weighted by atomic mass is 19.4. The molecular formula is C10H5F5O2. The van der Waals surface area contributed by atoms with Crippen molar-refractivity contribution in [1.29, 1.82) is 0 Å². The van der Waals surface area contributed by atoms with Gasteiger partial charge in [-0.1, -0.05) is 0 Å². The van der Waals surface area contributed by atoms with Crippen molar-refractivity contribution < 1.29 is 31.5 Å². The molecular weight excluding hydrogens is 247 g/mol. The Kier molecular flexibility index (Phi) is 3.59. The molecule has 0 aliphatic rings. The van der Waals surface area contributed by atoms with Crippen LogP contribution in [0.1, 0.15) is 38.3 Å². The Morgan fingerprint density at radius 1 is 1.06 bits per heavy atom. The van der Waals surface area contributed by atoms with Crippen molar-refractivity contribution in [3.63, 3.8) is 0 Å². The minimum absolute atomic E-state index is 0.0641. The van der Waals surface area contributed by atoms with E-state index in [0.717, 1.165) is 0 Å². The van der Waals surface area contributed by atoms with Gasteiger partial charge in [0.2, 0.25) is 0 Å². The molecule has 17 heavy (non-hydrogen) atoms. The highest BCUT2D eigenvalue weighted by Gasteiger charge is 2.33. The molecule has 1 aromatic carbocycles. The van der Waals surface area contributed by atoms with Gasteiger partial charge in [0, 0.05) is 16.7 Å². The molecule has 0 saturated carbocycles. The third kappa shape index (κ3) is 2.66. The van der Waals surface area contributed by atoms with E-state index >= 15 is 0 Å². The van der Waals surface area contributed by atoms with Crippen molar-refractivity contribution in [2.24, 2.45) is 0 Å². The van der Waals surface area contributed by atoms with Crippen LogP contribution in [-0.2, 0) is 6.18 Å². The number of aldehydes is 2. The van der Waals surface area contributed by atoms with E-state index in [0.29, 0.717) is 6.07 Å². The fourth-order valence-corrected chi connectivity index (χ4v) is 1.28. The lowest BCUT2D eigenvalue weighted by molar-refractivity contribution is -0.137. The van der Waals surface area contributed by atoms with Crippen LogP contribution >= 0.6 is 0 Å². The van der Waals surface area contributed by atoms with Gasteiger partial charge in [0.15, 0.2) is 12.6 Å². The van der Waals surface area contributed by atoms with Crippen LogP contribution in [0.2, 0.25) is 0 Å². The predicted octanol–water partition coefficient (Wildman–Crippen LogP) is 3.27. The van der Waals surface area contributed by atoms with E-state index in [1.165, 1.54) is 0 Å². The Balaban J connectivity index is 3.57. The quantitative estimate of drug-likeness (QED) is 0.611. The fraction of sp³-hybridized carbons (Fsp3) is 0.200. The van der Waals surface area contributed by atoms with Gasteiger partial charge in [0.1, 0.15) is 0 Å². The van der Waals surface area contributed by atoms with Crippen LogP contribution in [-0.4, -0.2) is 12.6 Å². The van der Waals surface area contributed by atoms with Crippen LogP contribution in [0.15, 0.2) is 12.1 Å². The Labute approximate surface area is 92.0 Å². The molecule has 0 aromatic heterocycles. The summed E-state index contributed by atoms with van der Waals surface area (Å²) in [5.41, 5.74) is -3.91. The monoisotopic (exact) mass is 252 g/mol. The molecule has 0 spiro atoms. The molecule has 0 saturated heterocycles. The number of hydrogen-bond acceptors (Lipinski definition) is 2. The Morgan fingerprint density at radius 3 is 2.00 bits per heavy atom. The molecule has 0 amide bonds. The molecule has 0 bridgehead atoms. The summed E-state index contributed by atoms with van der Waals surface area (Å²) >= 11 is 0. The number of halogens is 5. The molecule has 7 heteroatoms. The van der Waals surface area contributed by atoms with Crippen molar-refractivity contribution in [3.05, 3.63) is 34.4 Å². The smallest absolute Gasteiger partial charge is 0.298 e. The lowest BCUT2D eigenvalue weighted by Gasteiger charge is -2.12. The van der Waals surface area contributed by atoms with Crippen LogP contribution in [0, 0.1) is 0 Å². The van der Waals surface area contributed by atoms with Crippen molar-refractivity contribution in [1.82, 2.24) is 0 Å². The van der Waals surface area contributed by atoms with Gasteiger partial charge in [-0.05, 0) is 12.1 Å². The zero-order valence-corrected chi connectivity index (χ0v) is 8.09. The third-order valence-corrected chi connectivity index (χ3v) is 2.05. The molecule has 0 radical (unpaired) electrons. The minimum atomic E-state index is -4.86. The minimum Gasteiger partial charge on any atom is -0.298 e. The zero-order valence-electron chi connectivity index (χ0n) is 8.09. The van der Waals surface area contributed by atoms with Gasteiger partial charge >= 0.3 is 6.18 Å². The molecule has 0 unspecified atom stereocenters. The van der Waals surface area contributed by atoms with Crippen molar-refractivity contribution >= 4 is 12.6 Å². The van der Waals surface area contributed by atoms with Crippen LogP contribution in [0.4, 0.5) is 22.0 Å². The van der Waals surface area contributed by atoms with Gasteiger partial charge < -0.3 is 0 Å². The molecule has 1 rings (SSSR count). The maximum Gasteiger partial charge on any atom is 0.416 e. The van der Waals surface area contributed by atoms with Crippen LogP contribution in [0.25, 0.3) is 0 Å². The van der Waals surface area contributed by atoms with Crippen LogP contribution < -0.4 is 0 Å². The highest BCUT2D eigenvalue weighted by Crippen LogP contribution is 2.34. The maximum absolute atomic E-state index is 12.5. The first-order valence-corrected chi connectivity index (χ1v) is 4.25. The van der Waals surface area contributed by atoms with E-state index < -0.39 is 34.9 Å². The average molecular weight is 252 g/mol. The van der Waals surface area contributed by atoms with Gasteiger partial charge in [-0.15, -0.1) is 0 Å². The van der Waals surface area contributed by atoms with Crippen LogP contribution in [0.5, 0.6) is 0 Å². The second-order valence-corrected chi connectivity index (χ2v) is 3.10. The molecule has 92 valence electrons. The fourth-order valence-electron chi connectivity index (χ4n) is 1.28. The second-order valence-electron chi connectivity index (χ2n) is 3.10. The lowest BCUT2D eigenvalue weighted by Crippen LogP contribution is -2.09. The molecule has 0 atom stereocenters. The standard InChI is InChI=1S/C10H5F5O2/c11-9(12)7-2-6(10(13,14)15)1-5(3-16)8(7)4-17/h1-4,9H. The summed E-state index contributed by atoms with van der Waals surface area (Å²) in [6.07, 6.45) is -8.25. The van der Waals surface area contributed by atoms with E-state index in [4.69, 9.17) is 0 Å². The number of rotatable bonds is 3. The summed E-state index contributed by atoms with van der Waals surface area (Å²) in [7, 11) is 0. The summed E-state index contributed by atoms with van der Waals surface area (Å²) in [4.78, 5) is 21.0. The van der Waals surface area contributed by atoms with E-state index in [1.807, 2.05) is 0 Å². The Hall–Kier alpha value is -1.79. The molecule has 0 aliphatic heterocycles. The topological polar surface area (TPSA) is 34.1 Å². The van der Waals surface area contributed by atoms with E-state index in [9.17, 15) is 31.5 Å². The predicted molar refractivity (Wildman–Crippen MR) is 47.2 cm³/mol. The summed E-state index contributed by atoms with van der Waals surface area (Å²) in [6.45, 7) is 0. The Bertz CT molecular complexity index is 451. The highest BCUT2D eigenvalue weighted by molar-refractivity contribution is 5.92. The van der Waals surface area contributed by atoms with Crippen molar-refractivity contribution in [2.45, 2.75) is 12.6 Å². The summed E-state index contributed by atoms with van der Waals surface area (Å²) in [5.74, 6) is 0. The number of carbonyl (C=O) groups excluding carboxylic acids is 2. The zero-order chi connectivity index (χ0) is 13.2. The maximum atomic E-state index is 12.5. The van der Waals surface area contributed by atoms with E-state index in [1.54, 1.807) is 0 Å². The normalized spacial score (nSPS) is 11.6. The largest absolute Gasteiger partial charge is 0.416 e. The third-order valence-electron chi connectivity index (χ3n) is 2.05. The summed E-state index contributed by atoms with van der Waals surface area (Å²) < 4.78 is 61.9. The van der Waals surface area contributed by atoms with Crippen LogP contribution in [0.3, 0.4) is 0 Å². The first-order valence-electron chi connectivity index (χ1n) is 4.25. The van der Waals surface area contributed by atoms with Gasteiger partial charge in [-0.2, -0.15) is 13.2 Å². The Morgan fingerprint density at radius 2 is 1.65 bits per heavy atom. The SMILES string of the molecule is O=Cc1cc(C(F)(F)F)cc(C(F)F)c1C=O. The molecule has 0 fully saturated rings. The molecule has 1 aromatic rings. The van der Waals surface area contributed by atoms with E-state index in [-0.39, 0.29) is 18.6 Å². The first-order chi connectivity index (χ1) is 7.81. The average Bonchev–Trinajstić information content (AvgIpc) is 2.25. The number of hydrogen-bond donors (Lipinski definition) is 0. The number of alkyl halides is 5. The number of benzene rings is 1. The van der Waals surface area contributed by atoms with Gasteiger partial charge in [-0.3, -0.25) is 9.59 Å². The van der Waals surface area contributed by atoms with Crippen molar-refractivity contribution in [2.75, 3.05) is 0 Å². The van der Waals surface area contributed by atoms with Gasteiger partial charge in [0.25, 0.3) is 6.43 Å². The molecule has 0 aliphatic carbocycles. The number of carbonyl (C=O) groups is 2. The molecule has 0 heterocycles. The van der Waals surface area contributed by atoms with E-state index in [2.05, 4.69) is 0 Å². The summed E-state index contributed by atoms with van der Waals surface area (Å²) in [5, 5.41) is 0.